The number of hydrazine groups is 1. The molecule has 10 nitrogen and oxygen atoms in total. The first-order valence-electron chi connectivity index (χ1n) is 12.5. The van der Waals surface area contributed by atoms with Crippen LogP contribution in [0.5, 0.6) is 0 Å². The molecule has 1 aromatic carbocycles. The van der Waals surface area contributed by atoms with E-state index in [9.17, 15) is 14.4 Å². The summed E-state index contributed by atoms with van der Waals surface area (Å²) < 4.78 is 10.1. The van der Waals surface area contributed by atoms with Gasteiger partial charge in [-0.2, -0.15) is 0 Å². The monoisotopic (exact) mass is 511 g/mol. The fourth-order valence-corrected chi connectivity index (χ4v) is 3.88. The fourth-order valence-electron chi connectivity index (χ4n) is 3.88. The molecule has 1 fully saturated rings. The Morgan fingerprint density at radius 1 is 0.865 bits per heavy atom. The Balaban J connectivity index is 1.34. The first kappa shape index (κ1) is 27.8. The number of nitrogens with one attached hydrogen (secondary N) is 2. The topological polar surface area (TPSA) is 113 Å². The summed E-state index contributed by atoms with van der Waals surface area (Å²) in [5, 5.41) is 0. The molecule has 0 saturated carbocycles. The molecule has 1 aliphatic rings. The van der Waals surface area contributed by atoms with Crippen molar-refractivity contribution in [1.82, 2.24) is 20.7 Å². The van der Waals surface area contributed by atoms with Crippen LogP contribution >= 0.6 is 0 Å². The first-order valence-corrected chi connectivity index (χ1v) is 12.5. The second-order valence-corrected chi connectivity index (χ2v) is 9.96. The van der Waals surface area contributed by atoms with Crippen molar-refractivity contribution in [3.05, 3.63) is 59.4 Å². The van der Waals surface area contributed by atoms with Gasteiger partial charge < -0.3 is 19.3 Å². The minimum atomic E-state index is -0.754. The average Bonchev–Trinajstić information content (AvgIpc) is 2.86. The van der Waals surface area contributed by atoms with Gasteiger partial charge in [0.2, 0.25) is 5.91 Å². The highest BCUT2D eigenvalue weighted by molar-refractivity contribution is 5.74. The highest BCUT2D eigenvalue weighted by atomic mass is 16.6. The number of aryl methyl sites for hydroxylation is 2. The maximum Gasteiger partial charge on any atom is 0.426 e. The smallest absolute Gasteiger partial charge is 0.426 e. The molecule has 10 heteroatoms. The largest absolute Gasteiger partial charge is 0.448 e. The molecule has 0 aliphatic carbocycles. The summed E-state index contributed by atoms with van der Waals surface area (Å²) in [4.78, 5) is 43.5. The molecular formula is C27H37N5O5. The van der Waals surface area contributed by atoms with Crippen LogP contribution in [-0.2, 0) is 33.5 Å². The Kier molecular flexibility index (Phi) is 9.71. The van der Waals surface area contributed by atoms with Crippen LogP contribution in [0.1, 0.15) is 44.5 Å². The van der Waals surface area contributed by atoms with Crippen LogP contribution in [0, 0.1) is 0 Å². The summed E-state index contributed by atoms with van der Waals surface area (Å²) in [6, 6.07) is 12.4. The van der Waals surface area contributed by atoms with E-state index in [-0.39, 0.29) is 12.5 Å². The molecule has 2 aromatic rings. The Hall–Kier alpha value is -3.82. The standard InChI is InChI=1S/C27H37N5O5/c1-20(33)31-14-16-32(17-15-31)24-12-11-23(28-19-24)10-9-21-5-7-22(8-6-21)13-18-36-25(34)29-30-26(35)37-27(2,3)4/h5-8,11-12,19H,9-10,13-18H2,1-4H3,(H,29,34)(H,30,35). The molecule has 37 heavy (non-hydrogen) atoms. The molecule has 0 spiro atoms. The Morgan fingerprint density at radius 2 is 1.49 bits per heavy atom. The molecule has 0 atom stereocenters. The summed E-state index contributed by atoms with van der Waals surface area (Å²) in [5.74, 6) is 0.131. The number of anilines is 1. The predicted octanol–water partition coefficient (Wildman–Crippen LogP) is 3.24. The van der Waals surface area contributed by atoms with Crippen molar-refractivity contribution in [2.24, 2.45) is 0 Å². The number of carbonyl (C=O) groups excluding carboxylic acids is 3. The van der Waals surface area contributed by atoms with Gasteiger partial charge in [-0.3, -0.25) is 9.78 Å². The minimum absolute atomic E-state index is 0.131. The number of rotatable bonds is 7. The molecule has 0 bridgehead atoms. The number of nitrogens with zero attached hydrogens (tertiary/aromatic N) is 3. The molecule has 0 radical (unpaired) electrons. The molecule has 3 rings (SSSR count). The van der Waals surface area contributed by atoms with E-state index in [1.54, 1.807) is 27.7 Å². The van der Waals surface area contributed by atoms with E-state index in [2.05, 4.69) is 45.0 Å². The quantitative estimate of drug-likeness (QED) is 0.549. The zero-order valence-corrected chi connectivity index (χ0v) is 22.1. The zero-order chi connectivity index (χ0) is 26.8. The van der Waals surface area contributed by atoms with Crippen LogP contribution < -0.4 is 15.8 Å². The number of hydrogen-bond acceptors (Lipinski definition) is 7. The van der Waals surface area contributed by atoms with Gasteiger partial charge in [0, 0.05) is 45.2 Å². The molecule has 0 unspecified atom stereocenters. The molecule has 1 saturated heterocycles. The lowest BCUT2D eigenvalue weighted by Crippen LogP contribution is -2.48. The van der Waals surface area contributed by atoms with E-state index in [0.717, 1.165) is 56.0 Å². The van der Waals surface area contributed by atoms with Gasteiger partial charge in [-0.05, 0) is 56.9 Å². The normalized spacial score (nSPS) is 13.6. The van der Waals surface area contributed by atoms with Gasteiger partial charge in [0.05, 0.1) is 18.5 Å². The van der Waals surface area contributed by atoms with Gasteiger partial charge in [0.25, 0.3) is 0 Å². The summed E-state index contributed by atoms with van der Waals surface area (Å²) in [7, 11) is 0. The van der Waals surface area contributed by atoms with Crippen molar-refractivity contribution in [2.45, 2.75) is 52.6 Å². The van der Waals surface area contributed by atoms with Crippen molar-refractivity contribution < 1.29 is 23.9 Å². The van der Waals surface area contributed by atoms with E-state index in [0.29, 0.717) is 6.42 Å². The van der Waals surface area contributed by atoms with Gasteiger partial charge in [-0.15, -0.1) is 0 Å². The maximum atomic E-state index is 11.7. The van der Waals surface area contributed by atoms with Gasteiger partial charge in [-0.1, -0.05) is 24.3 Å². The second kappa shape index (κ2) is 12.9. The predicted molar refractivity (Wildman–Crippen MR) is 140 cm³/mol. The third-order valence-electron chi connectivity index (χ3n) is 5.88. The zero-order valence-electron chi connectivity index (χ0n) is 22.1. The van der Waals surface area contributed by atoms with E-state index >= 15 is 0 Å². The molecule has 200 valence electrons. The Labute approximate surface area is 218 Å². The third kappa shape index (κ3) is 9.63. The number of benzene rings is 1. The number of ether oxygens (including phenoxy) is 2. The third-order valence-corrected chi connectivity index (χ3v) is 5.88. The van der Waals surface area contributed by atoms with E-state index < -0.39 is 17.8 Å². The lowest BCUT2D eigenvalue weighted by atomic mass is 10.0. The van der Waals surface area contributed by atoms with Crippen molar-refractivity contribution in [3.8, 4) is 0 Å². The van der Waals surface area contributed by atoms with Gasteiger partial charge in [-0.25, -0.2) is 20.4 Å². The van der Waals surface area contributed by atoms with Gasteiger partial charge >= 0.3 is 12.2 Å². The Morgan fingerprint density at radius 3 is 2.05 bits per heavy atom. The number of aromatic nitrogens is 1. The summed E-state index contributed by atoms with van der Waals surface area (Å²) >= 11 is 0. The van der Waals surface area contributed by atoms with Crippen LogP contribution in [0.15, 0.2) is 42.6 Å². The molecule has 1 aliphatic heterocycles. The SMILES string of the molecule is CC(=O)N1CCN(c2ccc(CCc3ccc(CCOC(=O)NNC(=O)OC(C)(C)C)cc3)nc2)CC1. The summed E-state index contributed by atoms with van der Waals surface area (Å²) in [5.41, 5.74) is 8.01. The fraction of sp³-hybridized carbons (Fsp3) is 0.481. The Bertz CT molecular complexity index is 1040. The molecular weight excluding hydrogens is 474 g/mol. The van der Waals surface area contributed by atoms with Crippen molar-refractivity contribution >= 4 is 23.8 Å². The number of amides is 3. The van der Waals surface area contributed by atoms with Crippen LogP contribution in [-0.4, -0.2) is 66.4 Å². The van der Waals surface area contributed by atoms with Crippen LogP contribution in [0.4, 0.5) is 15.3 Å². The van der Waals surface area contributed by atoms with Crippen LogP contribution in [0.25, 0.3) is 0 Å². The molecule has 1 aromatic heterocycles. The second-order valence-electron chi connectivity index (χ2n) is 9.96. The number of carbonyl (C=O) groups is 3. The van der Waals surface area contributed by atoms with Gasteiger partial charge in [0.1, 0.15) is 5.60 Å². The molecule has 2 heterocycles. The lowest BCUT2D eigenvalue weighted by Gasteiger charge is -2.35. The number of piperazine rings is 1. The molecule has 2 N–H and O–H groups in total. The van der Waals surface area contributed by atoms with E-state index in [1.807, 2.05) is 23.2 Å². The van der Waals surface area contributed by atoms with Crippen molar-refractivity contribution in [3.63, 3.8) is 0 Å². The first-order chi connectivity index (χ1) is 17.6. The maximum absolute atomic E-state index is 11.7. The van der Waals surface area contributed by atoms with E-state index in [1.165, 1.54) is 5.56 Å². The van der Waals surface area contributed by atoms with Crippen LogP contribution in [0.2, 0.25) is 0 Å². The number of hydrogen-bond donors (Lipinski definition) is 2. The average molecular weight is 512 g/mol. The van der Waals surface area contributed by atoms with Crippen molar-refractivity contribution in [1.29, 1.82) is 0 Å². The highest BCUT2D eigenvalue weighted by Gasteiger charge is 2.19. The highest BCUT2D eigenvalue weighted by Crippen LogP contribution is 2.17. The van der Waals surface area contributed by atoms with Crippen LogP contribution in [0.3, 0.4) is 0 Å². The van der Waals surface area contributed by atoms with Crippen molar-refractivity contribution in [2.75, 3.05) is 37.7 Å². The summed E-state index contributed by atoms with van der Waals surface area (Å²) in [6.45, 7) is 10.1. The van der Waals surface area contributed by atoms with Gasteiger partial charge in [0.15, 0.2) is 0 Å². The minimum Gasteiger partial charge on any atom is -0.448 e. The number of pyridine rings is 1. The molecule has 3 amide bonds. The lowest BCUT2D eigenvalue weighted by molar-refractivity contribution is -0.129. The summed E-state index contributed by atoms with van der Waals surface area (Å²) in [6.07, 6.45) is 2.69. The van der Waals surface area contributed by atoms with E-state index in [4.69, 9.17) is 9.47 Å².